The average molecular weight is 222 g/mol. The van der Waals surface area contributed by atoms with Crippen LogP contribution in [0.4, 0.5) is 0 Å². The van der Waals surface area contributed by atoms with Gasteiger partial charge in [-0.1, -0.05) is 12.1 Å². The second-order valence-corrected chi connectivity index (χ2v) is 4.55. The van der Waals surface area contributed by atoms with Crippen molar-refractivity contribution in [1.82, 2.24) is 5.32 Å². The Morgan fingerprint density at radius 1 is 1.31 bits per heavy atom. The number of nitrogens with one attached hydrogen (secondary N) is 1. The Bertz CT molecular complexity index is 314. The maximum Gasteiger partial charge on any atom is 0.119 e. The molecule has 0 fully saturated rings. The number of nitrogens with two attached hydrogens (primary N) is 1. The molecule has 0 aliphatic heterocycles. The number of benzene rings is 1. The SMILES string of the molecule is CCOc1ccc(C(NC)C(C)(C)N)cc1. The third kappa shape index (κ3) is 3.22. The molecule has 16 heavy (non-hydrogen) atoms. The summed E-state index contributed by atoms with van der Waals surface area (Å²) >= 11 is 0. The summed E-state index contributed by atoms with van der Waals surface area (Å²) in [6, 6.07) is 8.22. The molecule has 0 amide bonds. The molecule has 1 unspecified atom stereocenters. The molecule has 1 atom stereocenters. The van der Waals surface area contributed by atoms with Crippen LogP contribution in [0.1, 0.15) is 32.4 Å². The monoisotopic (exact) mass is 222 g/mol. The second kappa shape index (κ2) is 5.32. The third-order valence-electron chi connectivity index (χ3n) is 2.56. The molecule has 0 saturated heterocycles. The zero-order valence-corrected chi connectivity index (χ0v) is 10.6. The van der Waals surface area contributed by atoms with Gasteiger partial charge in [-0.05, 0) is 45.5 Å². The minimum absolute atomic E-state index is 0.142. The van der Waals surface area contributed by atoms with Gasteiger partial charge in [-0.15, -0.1) is 0 Å². The van der Waals surface area contributed by atoms with E-state index in [4.69, 9.17) is 10.5 Å². The van der Waals surface area contributed by atoms with E-state index < -0.39 is 0 Å². The first-order chi connectivity index (χ1) is 7.49. The van der Waals surface area contributed by atoms with Crippen molar-refractivity contribution < 1.29 is 4.74 Å². The van der Waals surface area contributed by atoms with Crippen molar-refractivity contribution in [3.05, 3.63) is 29.8 Å². The van der Waals surface area contributed by atoms with Crippen molar-refractivity contribution in [2.45, 2.75) is 32.4 Å². The van der Waals surface area contributed by atoms with E-state index in [9.17, 15) is 0 Å². The van der Waals surface area contributed by atoms with Gasteiger partial charge in [0.15, 0.2) is 0 Å². The van der Waals surface area contributed by atoms with E-state index >= 15 is 0 Å². The molecule has 0 aliphatic rings. The zero-order valence-electron chi connectivity index (χ0n) is 10.6. The summed E-state index contributed by atoms with van der Waals surface area (Å²) in [5.41, 5.74) is 7.01. The van der Waals surface area contributed by atoms with Crippen molar-refractivity contribution in [2.75, 3.05) is 13.7 Å². The molecule has 3 N–H and O–H groups in total. The smallest absolute Gasteiger partial charge is 0.119 e. The minimum atomic E-state index is -0.290. The number of hydrogen-bond acceptors (Lipinski definition) is 3. The topological polar surface area (TPSA) is 47.3 Å². The average Bonchev–Trinajstić information content (AvgIpc) is 2.20. The fourth-order valence-electron chi connectivity index (χ4n) is 1.89. The summed E-state index contributed by atoms with van der Waals surface area (Å²) in [5, 5.41) is 3.24. The zero-order chi connectivity index (χ0) is 12.2. The highest BCUT2D eigenvalue weighted by Crippen LogP contribution is 2.24. The summed E-state index contributed by atoms with van der Waals surface area (Å²) < 4.78 is 5.41. The van der Waals surface area contributed by atoms with Crippen molar-refractivity contribution >= 4 is 0 Å². The molecule has 0 spiro atoms. The maximum absolute atomic E-state index is 6.13. The van der Waals surface area contributed by atoms with Gasteiger partial charge in [-0.25, -0.2) is 0 Å². The maximum atomic E-state index is 6.13. The van der Waals surface area contributed by atoms with Gasteiger partial charge < -0.3 is 15.8 Å². The lowest BCUT2D eigenvalue weighted by molar-refractivity contribution is 0.339. The molecular formula is C13H22N2O. The molecule has 0 bridgehead atoms. The van der Waals surface area contributed by atoms with E-state index in [1.165, 1.54) is 5.56 Å². The standard InChI is InChI=1S/C13H22N2O/c1-5-16-11-8-6-10(7-9-11)12(15-4)13(2,3)14/h6-9,12,15H,5,14H2,1-4H3. The van der Waals surface area contributed by atoms with E-state index in [1.54, 1.807) is 0 Å². The largest absolute Gasteiger partial charge is 0.494 e. The lowest BCUT2D eigenvalue weighted by Crippen LogP contribution is -2.45. The van der Waals surface area contributed by atoms with E-state index in [1.807, 2.05) is 40.0 Å². The van der Waals surface area contributed by atoms with Gasteiger partial charge in [0.2, 0.25) is 0 Å². The number of likely N-dealkylation sites (N-methyl/N-ethyl adjacent to an activating group) is 1. The molecule has 0 radical (unpaired) electrons. The van der Waals surface area contributed by atoms with E-state index in [0.717, 1.165) is 5.75 Å². The van der Waals surface area contributed by atoms with Crippen LogP contribution in [0.2, 0.25) is 0 Å². The molecule has 0 aromatic heterocycles. The van der Waals surface area contributed by atoms with Crippen LogP contribution in [-0.4, -0.2) is 19.2 Å². The number of ether oxygens (including phenoxy) is 1. The van der Waals surface area contributed by atoms with Crippen molar-refractivity contribution in [2.24, 2.45) is 5.73 Å². The Morgan fingerprint density at radius 3 is 2.25 bits per heavy atom. The normalized spacial score (nSPS) is 13.6. The summed E-state index contributed by atoms with van der Waals surface area (Å²) in [5.74, 6) is 0.899. The quantitative estimate of drug-likeness (QED) is 0.802. The minimum Gasteiger partial charge on any atom is -0.494 e. The molecule has 90 valence electrons. The molecule has 0 saturated carbocycles. The Labute approximate surface area is 98.0 Å². The van der Waals surface area contributed by atoms with Gasteiger partial charge in [0, 0.05) is 11.6 Å². The van der Waals surface area contributed by atoms with Crippen LogP contribution in [0, 0.1) is 0 Å². The van der Waals surface area contributed by atoms with Crippen molar-refractivity contribution in [3.63, 3.8) is 0 Å². The van der Waals surface area contributed by atoms with Gasteiger partial charge in [-0.2, -0.15) is 0 Å². The van der Waals surface area contributed by atoms with E-state index in [2.05, 4.69) is 17.4 Å². The second-order valence-electron chi connectivity index (χ2n) is 4.55. The number of hydrogen-bond donors (Lipinski definition) is 2. The lowest BCUT2D eigenvalue weighted by Gasteiger charge is -2.30. The summed E-state index contributed by atoms with van der Waals surface area (Å²) in [6.45, 7) is 6.71. The summed E-state index contributed by atoms with van der Waals surface area (Å²) in [6.07, 6.45) is 0. The Morgan fingerprint density at radius 2 is 1.88 bits per heavy atom. The van der Waals surface area contributed by atoms with Crippen LogP contribution >= 0.6 is 0 Å². The molecular weight excluding hydrogens is 200 g/mol. The molecule has 1 rings (SSSR count). The molecule has 3 nitrogen and oxygen atoms in total. The highest BCUT2D eigenvalue weighted by Gasteiger charge is 2.24. The van der Waals surface area contributed by atoms with Crippen LogP contribution < -0.4 is 15.8 Å². The molecule has 3 heteroatoms. The summed E-state index contributed by atoms with van der Waals surface area (Å²) in [4.78, 5) is 0. The van der Waals surface area contributed by atoms with E-state index in [-0.39, 0.29) is 11.6 Å². The fourth-order valence-corrected chi connectivity index (χ4v) is 1.89. The van der Waals surface area contributed by atoms with Gasteiger partial charge in [0.1, 0.15) is 5.75 Å². The predicted octanol–water partition coefficient (Wildman–Crippen LogP) is 2.08. The molecule has 0 heterocycles. The van der Waals surface area contributed by atoms with Crippen LogP contribution in [-0.2, 0) is 0 Å². The molecule has 1 aromatic rings. The Hall–Kier alpha value is -1.06. The summed E-state index contributed by atoms with van der Waals surface area (Å²) in [7, 11) is 1.93. The molecule has 0 aliphatic carbocycles. The van der Waals surface area contributed by atoms with E-state index in [0.29, 0.717) is 6.61 Å². The van der Waals surface area contributed by atoms with Gasteiger partial charge in [0.05, 0.1) is 6.61 Å². The van der Waals surface area contributed by atoms with Gasteiger partial charge >= 0.3 is 0 Å². The first-order valence-electron chi connectivity index (χ1n) is 5.68. The van der Waals surface area contributed by atoms with Crippen molar-refractivity contribution in [1.29, 1.82) is 0 Å². The first kappa shape index (κ1) is 13.0. The van der Waals surface area contributed by atoms with Crippen LogP contribution in [0.15, 0.2) is 24.3 Å². The predicted molar refractivity (Wildman–Crippen MR) is 67.7 cm³/mol. The van der Waals surface area contributed by atoms with Gasteiger partial charge in [0.25, 0.3) is 0 Å². The Balaban J connectivity index is 2.87. The number of rotatable bonds is 5. The lowest BCUT2D eigenvalue weighted by atomic mass is 9.90. The molecule has 1 aromatic carbocycles. The van der Waals surface area contributed by atoms with Crippen LogP contribution in [0.5, 0.6) is 5.75 Å². The van der Waals surface area contributed by atoms with Gasteiger partial charge in [-0.3, -0.25) is 0 Å². The highest BCUT2D eigenvalue weighted by atomic mass is 16.5. The highest BCUT2D eigenvalue weighted by molar-refractivity contribution is 5.30. The van der Waals surface area contributed by atoms with Crippen molar-refractivity contribution in [3.8, 4) is 5.75 Å². The Kier molecular flexibility index (Phi) is 4.33. The third-order valence-corrected chi connectivity index (χ3v) is 2.56. The fraction of sp³-hybridized carbons (Fsp3) is 0.538. The van der Waals surface area contributed by atoms with Crippen LogP contribution in [0.3, 0.4) is 0 Å². The van der Waals surface area contributed by atoms with Crippen LogP contribution in [0.25, 0.3) is 0 Å². The first-order valence-corrected chi connectivity index (χ1v) is 5.68.